The van der Waals surface area contributed by atoms with Crippen LogP contribution in [-0.4, -0.2) is 5.11 Å². The summed E-state index contributed by atoms with van der Waals surface area (Å²) in [4.78, 5) is 0. The van der Waals surface area contributed by atoms with E-state index in [1.54, 1.807) is 18.2 Å². The number of hydrogen-bond acceptors (Lipinski definition) is 3. The van der Waals surface area contributed by atoms with Crippen molar-refractivity contribution >= 4 is 5.69 Å². The molecule has 0 spiro atoms. The van der Waals surface area contributed by atoms with Crippen molar-refractivity contribution in [3.8, 4) is 5.75 Å². The molecule has 0 saturated carbocycles. The smallest absolute Gasteiger partial charge is 0.120 e. The predicted molar refractivity (Wildman–Crippen MR) is 69.7 cm³/mol. The van der Waals surface area contributed by atoms with Crippen LogP contribution in [0.25, 0.3) is 0 Å². The van der Waals surface area contributed by atoms with Gasteiger partial charge in [0.2, 0.25) is 0 Å². The first kappa shape index (κ1) is 11.5. The van der Waals surface area contributed by atoms with Gasteiger partial charge in [0.15, 0.2) is 0 Å². The maximum Gasteiger partial charge on any atom is 0.120 e. The monoisotopic (exact) mass is 228 g/mol. The Morgan fingerprint density at radius 3 is 2.47 bits per heavy atom. The number of phenolic OH excluding ortho intramolecular Hbond substituents is 1. The number of nitrogen functional groups attached to an aromatic ring is 1. The van der Waals surface area contributed by atoms with Crippen LogP contribution >= 0.6 is 0 Å². The van der Waals surface area contributed by atoms with Gasteiger partial charge >= 0.3 is 0 Å². The van der Waals surface area contributed by atoms with E-state index in [0.29, 0.717) is 11.3 Å². The Kier molecular flexibility index (Phi) is 3.02. The molecule has 0 bridgehead atoms. The van der Waals surface area contributed by atoms with Crippen molar-refractivity contribution in [1.82, 2.24) is 0 Å². The molecule has 5 N–H and O–H groups in total. The van der Waals surface area contributed by atoms with Crippen LogP contribution in [0.2, 0.25) is 0 Å². The zero-order valence-corrected chi connectivity index (χ0v) is 9.72. The predicted octanol–water partition coefficient (Wildman–Crippen LogP) is 2.33. The number of phenols is 1. The van der Waals surface area contributed by atoms with E-state index in [0.717, 1.165) is 11.1 Å². The Bertz CT molecular complexity index is 537. The summed E-state index contributed by atoms with van der Waals surface area (Å²) >= 11 is 0. The lowest BCUT2D eigenvalue weighted by Crippen LogP contribution is -2.13. The SMILES string of the molecule is Cc1ccccc1C(N)c1cc(N)ccc1O. The second-order valence-corrected chi connectivity index (χ2v) is 4.15. The highest BCUT2D eigenvalue weighted by Crippen LogP contribution is 2.30. The minimum Gasteiger partial charge on any atom is -0.508 e. The zero-order valence-electron chi connectivity index (χ0n) is 9.72. The molecule has 2 rings (SSSR count). The molecule has 0 fully saturated rings. The summed E-state index contributed by atoms with van der Waals surface area (Å²) in [6.45, 7) is 2.00. The van der Waals surface area contributed by atoms with Crippen LogP contribution in [0.1, 0.15) is 22.7 Å². The quantitative estimate of drug-likeness (QED) is 0.545. The van der Waals surface area contributed by atoms with Gasteiger partial charge < -0.3 is 16.6 Å². The van der Waals surface area contributed by atoms with E-state index in [1.807, 2.05) is 31.2 Å². The molecule has 0 saturated heterocycles. The number of nitrogens with two attached hydrogens (primary N) is 2. The van der Waals surface area contributed by atoms with E-state index in [9.17, 15) is 5.11 Å². The van der Waals surface area contributed by atoms with E-state index < -0.39 is 0 Å². The lowest BCUT2D eigenvalue weighted by Gasteiger charge is -2.16. The second kappa shape index (κ2) is 4.47. The third kappa shape index (κ3) is 2.24. The van der Waals surface area contributed by atoms with Gasteiger partial charge in [-0.15, -0.1) is 0 Å². The van der Waals surface area contributed by atoms with Crippen molar-refractivity contribution in [1.29, 1.82) is 0 Å². The van der Waals surface area contributed by atoms with Gasteiger partial charge in [-0.25, -0.2) is 0 Å². The maximum absolute atomic E-state index is 9.82. The number of aromatic hydroxyl groups is 1. The highest BCUT2D eigenvalue weighted by Gasteiger charge is 2.14. The average Bonchev–Trinajstić information content (AvgIpc) is 2.32. The van der Waals surface area contributed by atoms with Gasteiger partial charge in [-0.2, -0.15) is 0 Å². The number of hydrogen-bond donors (Lipinski definition) is 3. The van der Waals surface area contributed by atoms with Crippen molar-refractivity contribution in [2.24, 2.45) is 5.73 Å². The molecule has 3 nitrogen and oxygen atoms in total. The van der Waals surface area contributed by atoms with Crippen molar-refractivity contribution in [2.75, 3.05) is 5.73 Å². The molecular weight excluding hydrogens is 212 g/mol. The highest BCUT2D eigenvalue weighted by atomic mass is 16.3. The third-order valence-corrected chi connectivity index (χ3v) is 2.91. The molecule has 1 atom stereocenters. The van der Waals surface area contributed by atoms with Crippen LogP contribution in [-0.2, 0) is 0 Å². The molecule has 2 aromatic carbocycles. The molecular formula is C14H16N2O. The summed E-state index contributed by atoms with van der Waals surface area (Å²) in [5, 5.41) is 9.82. The minimum atomic E-state index is -0.361. The molecule has 88 valence electrons. The zero-order chi connectivity index (χ0) is 12.4. The Labute approximate surface area is 101 Å². The Morgan fingerprint density at radius 2 is 1.76 bits per heavy atom. The van der Waals surface area contributed by atoms with Crippen LogP contribution < -0.4 is 11.5 Å². The van der Waals surface area contributed by atoms with E-state index in [1.165, 1.54) is 0 Å². The van der Waals surface area contributed by atoms with E-state index in [2.05, 4.69) is 0 Å². The fourth-order valence-corrected chi connectivity index (χ4v) is 1.93. The molecule has 0 radical (unpaired) electrons. The van der Waals surface area contributed by atoms with Gasteiger partial charge in [-0.3, -0.25) is 0 Å². The number of aryl methyl sites for hydroxylation is 1. The van der Waals surface area contributed by atoms with Crippen LogP contribution in [0, 0.1) is 6.92 Å². The van der Waals surface area contributed by atoms with E-state index in [-0.39, 0.29) is 11.8 Å². The first-order valence-electron chi connectivity index (χ1n) is 5.49. The molecule has 3 heteroatoms. The summed E-state index contributed by atoms with van der Waals surface area (Å²) in [6, 6.07) is 12.4. The molecule has 0 amide bonds. The Balaban J connectivity index is 2.47. The largest absolute Gasteiger partial charge is 0.508 e. The fourth-order valence-electron chi connectivity index (χ4n) is 1.93. The van der Waals surface area contributed by atoms with E-state index in [4.69, 9.17) is 11.5 Å². The lowest BCUT2D eigenvalue weighted by atomic mass is 9.95. The van der Waals surface area contributed by atoms with Crippen LogP contribution in [0.4, 0.5) is 5.69 Å². The minimum absolute atomic E-state index is 0.176. The second-order valence-electron chi connectivity index (χ2n) is 4.15. The summed E-state index contributed by atoms with van der Waals surface area (Å²) in [7, 11) is 0. The van der Waals surface area contributed by atoms with Crippen LogP contribution in [0.15, 0.2) is 42.5 Å². The summed E-state index contributed by atoms with van der Waals surface area (Å²) in [5.74, 6) is 0.176. The molecule has 1 unspecified atom stereocenters. The summed E-state index contributed by atoms with van der Waals surface area (Å²) < 4.78 is 0. The molecule has 0 aliphatic heterocycles. The third-order valence-electron chi connectivity index (χ3n) is 2.91. The van der Waals surface area contributed by atoms with Gasteiger partial charge in [0.1, 0.15) is 5.75 Å². The molecule has 2 aromatic rings. The molecule has 0 aromatic heterocycles. The average molecular weight is 228 g/mol. The number of rotatable bonds is 2. The summed E-state index contributed by atoms with van der Waals surface area (Å²) in [5.41, 5.74) is 15.2. The number of anilines is 1. The van der Waals surface area contributed by atoms with Gasteiger partial charge in [0.05, 0.1) is 6.04 Å². The van der Waals surface area contributed by atoms with Gasteiger partial charge in [0.25, 0.3) is 0 Å². The lowest BCUT2D eigenvalue weighted by molar-refractivity contribution is 0.465. The van der Waals surface area contributed by atoms with Gasteiger partial charge in [-0.1, -0.05) is 24.3 Å². The molecule has 17 heavy (non-hydrogen) atoms. The van der Waals surface area contributed by atoms with Gasteiger partial charge in [0, 0.05) is 11.3 Å². The standard InChI is InChI=1S/C14H16N2O/c1-9-4-2-3-5-11(9)14(16)12-8-10(15)6-7-13(12)17/h2-8,14,17H,15-16H2,1H3. The first-order valence-corrected chi connectivity index (χ1v) is 5.49. The Morgan fingerprint density at radius 1 is 1.06 bits per heavy atom. The highest BCUT2D eigenvalue weighted by molar-refractivity contribution is 5.51. The number of benzene rings is 2. The van der Waals surface area contributed by atoms with Crippen LogP contribution in [0.3, 0.4) is 0 Å². The molecule has 0 aliphatic carbocycles. The topological polar surface area (TPSA) is 72.3 Å². The summed E-state index contributed by atoms with van der Waals surface area (Å²) in [6.07, 6.45) is 0. The van der Waals surface area contributed by atoms with E-state index >= 15 is 0 Å². The maximum atomic E-state index is 9.82. The van der Waals surface area contributed by atoms with Crippen molar-refractivity contribution < 1.29 is 5.11 Å². The van der Waals surface area contributed by atoms with Gasteiger partial charge in [-0.05, 0) is 36.2 Å². The van der Waals surface area contributed by atoms with Crippen molar-refractivity contribution in [2.45, 2.75) is 13.0 Å². The van der Waals surface area contributed by atoms with Crippen molar-refractivity contribution in [3.05, 3.63) is 59.2 Å². The normalized spacial score (nSPS) is 12.4. The van der Waals surface area contributed by atoms with Crippen LogP contribution in [0.5, 0.6) is 5.75 Å². The molecule has 0 heterocycles. The first-order chi connectivity index (χ1) is 8.09. The Hall–Kier alpha value is -2.00. The molecule has 0 aliphatic rings. The van der Waals surface area contributed by atoms with Crippen molar-refractivity contribution in [3.63, 3.8) is 0 Å². The fraction of sp³-hybridized carbons (Fsp3) is 0.143.